The molecular formula is C12H22N2OS. The van der Waals surface area contributed by atoms with Crippen LogP contribution in [0.1, 0.15) is 26.2 Å². The third kappa shape index (κ3) is 2.92. The van der Waals surface area contributed by atoms with E-state index in [1.807, 2.05) is 16.7 Å². The summed E-state index contributed by atoms with van der Waals surface area (Å²) >= 11 is 1.95. The van der Waals surface area contributed by atoms with E-state index in [2.05, 4.69) is 12.2 Å². The molecule has 2 unspecified atom stereocenters. The van der Waals surface area contributed by atoms with Crippen LogP contribution in [0.3, 0.4) is 0 Å². The van der Waals surface area contributed by atoms with E-state index >= 15 is 0 Å². The minimum absolute atomic E-state index is 0.0989. The number of nitrogens with zero attached hydrogens (tertiary/aromatic N) is 1. The smallest absolute Gasteiger partial charge is 0.239 e. The summed E-state index contributed by atoms with van der Waals surface area (Å²) in [7, 11) is 0. The second-order valence-electron chi connectivity index (χ2n) is 4.74. The Balaban J connectivity index is 1.87. The quantitative estimate of drug-likeness (QED) is 0.793. The minimum atomic E-state index is 0.0989. The number of amides is 1. The van der Waals surface area contributed by atoms with Gasteiger partial charge in [-0.25, -0.2) is 0 Å². The van der Waals surface area contributed by atoms with Gasteiger partial charge in [-0.3, -0.25) is 4.79 Å². The van der Waals surface area contributed by atoms with Gasteiger partial charge in [0, 0.05) is 24.6 Å². The van der Waals surface area contributed by atoms with Crippen molar-refractivity contribution in [2.45, 2.75) is 32.2 Å². The van der Waals surface area contributed by atoms with Crippen molar-refractivity contribution in [3.8, 4) is 0 Å². The van der Waals surface area contributed by atoms with Crippen LogP contribution in [0.25, 0.3) is 0 Å². The number of rotatable bonds is 2. The number of thioether (sulfide) groups is 1. The van der Waals surface area contributed by atoms with Crippen molar-refractivity contribution in [1.29, 1.82) is 0 Å². The summed E-state index contributed by atoms with van der Waals surface area (Å²) in [5.74, 6) is 3.30. The molecule has 2 fully saturated rings. The number of hydrogen-bond donors (Lipinski definition) is 1. The Morgan fingerprint density at radius 1 is 1.44 bits per heavy atom. The third-order valence-electron chi connectivity index (χ3n) is 3.71. The highest BCUT2D eigenvalue weighted by Crippen LogP contribution is 2.21. The molecule has 0 aromatic rings. The number of nitrogens with one attached hydrogen (secondary N) is 1. The molecule has 2 rings (SSSR count). The van der Waals surface area contributed by atoms with E-state index in [0.717, 1.165) is 43.5 Å². The van der Waals surface area contributed by atoms with Crippen LogP contribution in [0.15, 0.2) is 0 Å². The van der Waals surface area contributed by atoms with Crippen LogP contribution in [0.2, 0.25) is 0 Å². The highest BCUT2D eigenvalue weighted by atomic mass is 32.2. The minimum Gasteiger partial charge on any atom is -0.340 e. The molecule has 16 heavy (non-hydrogen) atoms. The molecule has 0 radical (unpaired) electrons. The summed E-state index contributed by atoms with van der Waals surface area (Å²) in [5, 5.41) is 3.38. The topological polar surface area (TPSA) is 32.3 Å². The molecule has 2 atom stereocenters. The zero-order chi connectivity index (χ0) is 11.4. The van der Waals surface area contributed by atoms with Gasteiger partial charge < -0.3 is 10.2 Å². The van der Waals surface area contributed by atoms with Crippen LogP contribution in [0.4, 0.5) is 0 Å². The summed E-state index contributed by atoms with van der Waals surface area (Å²) < 4.78 is 0. The molecule has 2 aliphatic rings. The summed E-state index contributed by atoms with van der Waals surface area (Å²) in [5.41, 5.74) is 0. The van der Waals surface area contributed by atoms with Gasteiger partial charge >= 0.3 is 0 Å². The van der Waals surface area contributed by atoms with Crippen molar-refractivity contribution in [2.24, 2.45) is 5.92 Å². The number of hydrogen-bond acceptors (Lipinski definition) is 3. The van der Waals surface area contributed by atoms with Gasteiger partial charge in [-0.15, -0.1) is 0 Å². The largest absolute Gasteiger partial charge is 0.340 e. The lowest BCUT2D eigenvalue weighted by Gasteiger charge is -2.34. The van der Waals surface area contributed by atoms with E-state index in [-0.39, 0.29) is 6.04 Å². The molecule has 0 aromatic carbocycles. The average Bonchev–Trinajstić information content (AvgIpc) is 2.39. The molecule has 0 aliphatic carbocycles. The second-order valence-corrected chi connectivity index (χ2v) is 5.97. The summed E-state index contributed by atoms with van der Waals surface area (Å²) in [4.78, 5) is 14.3. The fourth-order valence-electron chi connectivity index (χ4n) is 2.56. The first-order valence-corrected chi connectivity index (χ1v) is 7.56. The van der Waals surface area contributed by atoms with E-state index in [9.17, 15) is 4.79 Å². The number of carbonyl (C=O) groups excluding carboxylic acids is 1. The van der Waals surface area contributed by atoms with Gasteiger partial charge in [0.1, 0.15) is 0 Å². The van der Waals surface area contributed by atoms with Gasteiger partial charge in [0.25, 0.3) is 0 Å². The molecule has 3 nitrogen and oxygen atoms in total. The molecule has 2 aliphatic heterocycles. The molecule has 0 saturated carbocycles. The SMILES string of the molecule is CCC1CCNC(C(=O)N2CCSCC2)C1. The van der Waals surface area contributed by atoms with E-state index in [1.54, 1.807) is 0 Å². The standard InChI is InChI=1S/C12H22N2OS/c1-2-10-3-4-13-11(9-10)12(15)14-5-7-16-8-6-14/h10-11,13H,2-9H2,1H3. The molecule has 0 aromatic heterocycles. The fourth-order valence-corrected chi connectivity index (χ4v) is 3.46. The Morgan fingerprint density at radius 3 is 2.88 bits per heavy atom. The zero-order valence-electron chi connectivity index (χ0n) is 10.1. The molecule has 2 heterocycles. The van der Waals surface area contributed by atoms with Crippen molar-refractivity contribution in [2.75, 3.05) is 31.1 Å². The number of carbonyl (C=O) groups is 1. The molecule has 1 N–H and O–H groups in total. The van der Waals surface area contributed by atoms with Crippen LogP contribution >= 0.6 is 11.8 Å². The molecule has 2 saturated heterocycles. The van der Waals surface area contributed by atoms with Crippen LogP contribution in [0.5, 0.6) is 0 Å². The maximum absolute atomic E-state index is 12.3. The van der Waals surface area contributed by atoms with Crippen LogP contribution in [-0.4, -0.2) is 48.0 Å². The van der Waals surface area contributed by atoms with Gasteiger partial charge in [0.05, 0.1) is 6.04 Å². The Kier molecular flexibility index (Phi) is 4.53. The normalized spacial score (nSPS) is 31.4. The van der Waals surface area contributed by atoms with E-state index < -0.39 is 0 Å². The van der Waals surface area contributed by atoms with E-state index in [1.165, 1.54) is 12.8 Å². The lowest BCUT2D eigenvalue weighted by atomic mass is 9.90. The van der Waals surface area contributed by atoms with Crippen molar-refractivity contribution in [3.05, 3.63) is 0 Å². The lowest BCUT2D eigenvalue weighted by molar-refractivity contribution is -0.134. The van der Waals surface area contributed by atoms with Gasteiger partial charge in [0.15, 0.2) is 0 Å². The monoisotopic (exact) mass is 242 g/mol. The predicted octanol–water partition coefficient (Wildman–Crippen LogP) is 1.34. The first-order chi connectivity index (χ1) is 7.81. The third-order valence-corrected chi connectivity index (χ3v) is 4.65. The summed E-state index contributed by atoms with van der Waals surface area (Å²) in [6, 6.07) is 0.0989. The van der Waals surface area contributed by atoms with Crippen molar-refractivity contribution in [3.63, 3.8) is 0 Å². The van der Waals surface area contributed by atoms with Crippen LogP contribution in [-0.2, 0) is 4.79 Å². The predicted molar refractivity (Wildman–Crippen MR) is 68.7 cm³/mol. The van der Waals surface area contributed by atoms with Crippen LogP contribution < -0.4 is 5.32 Å². The molecule has 92 valence electrons. The Hall–Kier alpha value is -0.220. The van der Waals surface area contributed by atoms with Crippen molar-refractivity contribution < 1.29 is 4.79 Å². The molecule has 1 amide bonds. The maximum Gasteiger partial charge on any atom is 0.239 e. The first kappa shape index (κ1) is 12.2. The molecular weight excluding hydrogens is 220 g/mol. The lowest BCUT2D eigenvalue weighted by Crippen LogP contribution is -2.52. The van der Waals surface area contributed by atoms with Gasteiger partial charge in [-0.1, -0.05) is 13.3 Å². The highest BCUT2D eigenvalue weighted by Gasteiger charge is 2.29. The molecule has 0 spiro atoms. The van der Waals surface area contributed by atoms with Crippen molar-refractivity contribution in [1.82, 2.24) is 10.2 Å². The van der Waals surface area contributed by atoms with Gasteiger partial charge in [0.2, 0.25) is 5.91 Å². The van der Waals surface area contributed by atoms with Crippen molar-refractivity contribution >= 4 is 17.7 Å². The van der Waals surface area contributed by atoms with E-state index in [4.69, 9.17) is 0 Å². The van der Waals surface area contributed by atoms with Gasteiger partial charge in [-0.05, 0) is 25.3 Å². The Bertz CT molecular complexity index is 241. The molecule has 4 heteroatoms. The second kappa shape index (κ2) is 5.92. The first-order valence-electron chi connectivity index (χ1n) is 6.41. The Labute approximate surface area is 102 Å². The molecule has 0 bridgehead atoms. The highest BCUT2D eigenvalue weighted by molar-refractivity contribution is 7.99. The van der Waals surface area contributed by atoms with Crippen LogP contribution in [0, 0.1) is 5.92 Å². The maximum atomic E-state index is 12.3. The van der Waals surface area contributed by atoms with Gasteiger partial charge in [-0.2, -0.15) is 11.8 Å². The average molecular weight is 242 g/mol. The summed E-state index contributed by atoms with van der Waals surface area (Å²) in [6.45, 7) is 5.13. The van der Waals surface area contributed by atoms with E-state index in [0.29, 0.717) is 5.91 Å². The number of piperidine rings is 1. The Morgan fingerprint density at radius 2 is 2.19 bits per heavy atom. The zero-order valence-corrected chi connectivity index (χ0v) is 10.9. The summed E-state index contributed by atoms with van der Waals surface area (Å²) in [6.07, 6.45) is 3.48. The fraction of sp³-hybridized carbons (Fsp3) is 0.917.